The lowest BCUT2D eigenvalue weighted by Gasteiger charge is -2.15. The summed E-state index contributed by atoms with van der Waals surface area (Å²) in [5.41, 5.74) is 0. The monoisotopic (exact) mass is 259 g/mol. The van der Waals surface area contributed by atoms with Crippen LogP contribution in [0, 0.1) is 0 Å². The highest BCUT2D eigenvalue weighted by Gasteiger charge is 2.15. The minimum absolute atomic E-state index is 0.321. The normalized spacial score (nSPS) is 20.1. The van der Waals surface area contributed by atoms with Crippen molar-refractivity contribution in [1.29, 1.82) is 0 Å². The number of hydrogen-bond acceptors (Lipinski definition) is 4. The fraction of sp³-hybridized carbons (Fsp3) is 0.917. The molecule has 2 N–H and O–H groups in total. The lowest BCUT2D eigenvalue weighted by Crippen LogP contribution is -2.42. The van der Waals surface area contributed by atoms with Crippen LogP contribution in [0.25, 0.3) is 0 Å². The molecule has 0 aromatic carbocycles. The molecule has 1 rings (SSSR count). The molecule has 0 aliphatic carbocycles. The first-order valence-electron chi connectivity index (χ1n) is 6.49. The Kier molecular flexibility index (Phi) is 8.54. The van der Waals surface area contributed by atoms with Gasteiger partial charge in [-0.15, -0.1) is 0 Å². The van der Waals surface area contributed by atoms with Gasteiger partial charge in [0.15, 0.2) is 5.96 Å². The van der Waals surface area contributed by atoms with E-state index in [-0.39, 0.29) is 0 Å². The maximum absolute atomic E-state index is 5.53. The first-order valence-corrected chi connectivity index (χ1v) is 6.49. The van der Waals surface area contributed by atoms with Crippen molar-refractivity contribution < 1.29 is 14.2 Å². The maximum atomic E-state index is 5.53. The second kappa shape index (κ2) is 10.1. The van der Waals surface area contributed by atoms with Crippen molar-refractivity contribution in [3.05, 3.63) is 0 Å². The van der Waals surface area contributed by atoms with E-state index in [0.717, 1.165) is 38.5 Å². The summed E-state index contributed by atoms with van der Waals surface area (Å²) in [5.74, 6) is 0.792. The van der Waals surface area contributed by atoms with Gasteiger partial charge >= 0.3 is 0 Å². The Morgan fingerprint density at radius 1 is 1.33 bits per heavy atom. The van der Waals surface area contributed by atoms with E-state index < -0.39 is 0 Å². The Bertz CT molecular complexity index is 231. The molecule has 0 aromatic heterocycles. The van der Waals surface area contributed by atoms with Gasteiger partial charge in [0.2, 0.25) is 0 Å². The lowest BCUT2D eigenvalue weighted by atomic mass is 10.2. The van der Waals surface area contributed by atoms with E-state index in [1.165, 1.54) is 0 Å². The lowest BCUT2D eigenvalue weighted by molar-refractivity contribution is 0.0732. The zero-order valence-electron chi connectivity index (χ0n) is 11.4. The minimum Gasteiger partial charge on any atom is -0.382 e. The molecule has 106 valence electrons. The van der Waals surface area contributed by atoms with Gasteiger partial charge in [-0.05, 0) is 12.8 Å². The van der Waals surface area contributed by atoms with Crippen molar-refractivity contribution in [2.24, 2.45) is 4.99 Å². The van der Waals surface area contributed by atoms with Crippen LogP contribution in [0.1, 0.15) is 12.8 Å². The Balaban J connectivity index is 1.99. The molecule has 1 aliphatic rings. The second-order valence-corrected chi connectivity index (χ2v) is 4.12. The van der Waals surface area contributed by atoms with Gasteiger partial charge in [-0.25, -0.2) is 0 Å². The predicted molar refractivity (Wildman–Crippen MR) is 71.0 cm³/mol. The number of nitrogens with zero attached hydrogens (tertiary/aromatic N) is 1. The zero-order chi connectivity index (χ0) is 13.1. The zero-order valence-corrected chi connectivity index (χ0v) is 11.4. The van der Waals surface area contributed by atoms with Gasteiger partial charge < -0.3 is 24.8 Å². The summed E-state index contributed by atoms with van der Waals surface area (Å²) in [6.07, 6.45) is 2.61. The number of ether oxygens (including phenoxy) is 3. The Morgan fingerprint density at radius 3 is 2.89 bits per heavy atom. The van der Waals surface area contributed by atoms with Crippen LogP contribution in [-0.4, -0.2) is 65.7 Å². The molecule has 18 heavy (non-hydrogen) atoms. The van der Waals surface area contributed by atoms with Crippen molar-refractivity contribution >= 4 is 5.96 Å². The van der Waals surface area contributed by atoms with Crippen LogP contribution in [0.4, 0.5) is 0 Å². The molecule has 0 saturated carbocycles. The van der Waals surface area contributed by atoms with Gasteiger partial charge in [0.05, 0.1) is 25.9 Å². The highest BCUT2D eigenvalue weighted by atomic mass is 16.5. The van der Waals surface area contributed by atoms with E-state index in [0.29, 0.717) is 25.9 Å². The van der Waals surface area contributed by atoms with Gasteiger partial charge in [-0.2, -0.15) is 0 Å². The smallest absolute Gasteiger partial charge is 0.191 e. The van der Waals surface area contributed by atoms with Gasteiger partial charge in [0.1, 0.15) is 0 Å². The summed E-state index contributed by atoms with van der Waals surface area (Å²) >= 11 is 0. The number of methoxy groups -OCH3 is 1. The molecule has 0 aromatic rings. The summed E-state index contributed by atoms with van der Waals surface area (Å²) in [5, 5.41) is 6.43. The summed E-state index contributed by atoms with van der Waals surface area (Å²) in [4.78, 5) is 4.14. The molecule has 0 radical (unpaired) electrons. The van der Waals surface area contributed by atoms with Crippen molar-refractivity contribution in [3.63, 3.8) is 0 Å². The number of rotatable bonds is 8. The molecule has 0 bridgehead atoms. The van der Waals surface area contributed by atoms with Crippen LogP contribution in [0.2, 0.25) is 0 Å². The summed E-state index contributed by atoms with van der Waals surface area (Å²) in [6.45, 7) is 4.32. The van der Waals surface area contributed by atoms with Crippen LogP contribution in [0.15, 0.2) is 4.99 Å². The first kappa shape index (κ1) is 15.2. The van der Waals surface area contributed by atoms with Crippen LogP contribution in [-0.2, 0) is 14.2 Å². The van der Waals surface area contributed by atoms with E-state index >= 15 is 0 Å². The van der Waals surface area contributed by atoms with E-state index in [1.807, 2.05) is 0 Å². The third-order valence-electron chi connectivity index (χ3n) is 2.72. The molecule has 1 atom stereocenters. The second-order valence-electron chi connectivity index (χ2n) is 4.12. The number of nitrogens with one attached hydrogen (secondary N) is 2. The maximum Gasteiger partial charge on any atom is 0.191 e. The predicted octanol–water partition coefficient (Wildman–Crippen LogP) is -0.00660. The molecule has 1 aliphatic heterocycles. The molecule has 6 nitrogen and oxygen atoms in total. The Hall–Kier alpha value is -0.850. The standard InChI is InChI=1S/C12H25N3O3/c1-13-12(14-5-7-17-9-8-16-2)15-10-11-4-3-6-18-11/h11H,3-10H2,1-2H3,(H2,13,14,15). The molecule has 1 saturated heterocycles. The SMILES string of the molecule is CN=C(NCCOCCOC)NCC1CCCO1. The van der Waals surface area contributed by atoms with E-state index in [9.17, 15) is 0 Å². The quantitative estimate of drug-likeness (QED) is 0.365. The number of aliphatic imine (C=N–C) groups is 1. The fourth-order valence-electron chi connectivity index (χ4n) is 1.72. The topological polar surface area (TPSA) is 64.1 Å². The van der Waals surface area contributed by atoms with Crippen molar-refractivity contribution in [3.8, 4) is 0 Å². The summed E-state index contributed by atoms with van der Waals surface area (Å²) in [6, 6.07) is 0. The number of hydrogen-bond donors (Lipinski definition) is 2. The third-order valence-corrected chi connectivity index (χ3v) is 2.72. The molecular weight excluding hydrogens is 234 g/mol. The van der Waals surface area contributed by atoms with E-state index in [4.69, 9.17) is 14.2 Å². The third kappa shape index (κ3) is 6.78. The van der Waals surface area contributed by atoms with Gasteiger partial charge in [-0.1, -0.05) is 0 Å². The van der Waals surface area contributed by atoms with Crippen molar-refractivity contribution in [2.75, 3.05) is 53.7 Å². The first-order chi connectivity index (χ1) is 8.86. The molecular formula is C12H25N3O3. The van der Waals surface area contributed by atoms with Crippen molar-refractivity contribution in [2.45, 2.75) is 18.9 Å². The van der Waals surface area contributed by atoms with E-state index in [2.05, 4.69) is 15.6 Å². The van der Waals surface area contributed by atoms with Crippen molar-refractivity contribution in [1.82, 2.24) is 10.6 Å². The molecule has 0 spiro atoms. The van der Waals surface area contributed by atoms with Crippen LogP contribution < -0.4 is 10.6 Å². The molecule has 6 heteroatoms. The van der Waals surface area contributed by atoms with Gasteiger partial charge in [-0.3, -0.25) is 4.99 Å². The minimum atomic E-state index is 0.321. The highest BCUT2D eigenvalue weighted by molar-refractivity contribution is 5.79. The number of guanidine groups is 1. The Labute approximate surface area is 109 Å². The average molecular weight is 259 g/mol. The van der Waals surface area contributed by atoms with Crippen LogP contribution in [0.5, 0.6) is 0 Å². The van der Waals surface area contributed by atoms with Crippen LogP contribution in [0.3, 0.4) is 0 Å². The molecule has 0 amide bonds. The van der Waals surface area contributed by atoms with E-state index in [1.54, 1.807) is 14.2 Å². The molecule has 1 fully saturated rings. The van der Waals surface area contributed by atoms with Crippen LogP contribution >= 0.6 is 0 Å². The molecule has 1 heterocycles. The highest BCUT2D eigenvalue weighted by Crippen LogP contribution is 2.10. The van der Waals surface area contributed by atoms with Gasteiger partial charge in [0.25, 0.3) is 0 Å². The fourth-order valence-corrected chi connectivity index (χ4v) is 1.72. The summed E-state index contributed by atoms with van der Waals surface area (Å²) < 4.78 is 15.8. The Morgan fingerprint density at radius 2 is 2.22 bits per heavy atom. The largest absolute Gasteiger partial charge is 0.382 e. The average Bonchev–Trinajstić information content (AvgIpc) is 2.90. The van der Waals surface area contributed by atoms with Gasteiger partial charge in [0, 0.05) is 33.9 Å². The molecule has 1 unspecified atom stereocenters. The summed E-state index contributed by atoms with van der Waals surface area (Å²) in [7, 11) is 3.43.